The number of imidazole rings is 1. The summed E-state index contributed by atoms with van der Waals surface area (Å²) in [7, 11) is 0. The summed E-state index contributed by atoms with van der Waals surface area (Å²) in [5, 5.41) is 7.15. The van der Waals surface area contributed by atoms with Crippen LogP contribution in [0.3, 0.4) is 0 Å². The highest BCUT2D eigenvalue weighted by Gasteiger charge is 2.41. The number of urea groups is 1. The zero-order valence-electron chi connectivity index (χ0n) is 27.2. The molecule has 3 heterocycles. The lowest BCUT2D eigenvalue weighted by Gasteiger charge is -2.44. The van der Waals surface area contributed by atoms with Gasteiger partial charge in [0.25, 0.3) is 0 Å². The van der Waals surface area contributed by atoms with E-state index in [1.807, 2.05) is 60.5 Å². The first-order valence-electron chi connectivity index (χ1n) is 16.9. The van der Waals surface area contributed by atoms with Gasteiger partial charge in [-0.25, -0.2) is 9.78 Å². The number of anilines is 1. The molecule has 250 valence electrons. The second kappa shape index (κ2) is 14.4. The Hall–Kier alpha value is -3.73. The molecule has 0 spiro atoms. The number of aromatic nitrogens is 3. The Morgan fingerprint density at radius 2 is 1.83 bits per heavy atom. The number of benzene rings is 2. The van der Waals surface area contributed by atoms with E-state index in [1.165, 1.54) is 17.5 Å². The molecule has 0 bridgehead atoms. The predicted molar refractivity (Wildman–Crippen MR) is 191 cm³/mol. The fourth-order valence-corrected chi connectivity index (χ4v) is 8.11. The lowest BCUT2D eigenvalue weighted by Crippen LogP contribution is -2.62. The largest absolute Gasteiger partial charge is 0.335 e. The van der Waals surface area contributed by atoms with Crippen molar-refractivity contribution in [3.8, 4) is 0 Å². The van der Waals surface area contributed by atoms with Crippen LogP contribution >= 0.6 is 27.5 Å². The molecular weight excluding hydrogens is 690 g/mol. The molecule has 9 nitrogen and oxygen atoms in total. The van der Waals surface area contributed by atoms with Gasteiger partial charge in [0.2, 0.25) is 5.91 Å². The van der Waals surface area contributed by atoms with Crippen molar-refractivity contribution in [3.05, 3.63) is 110 Å². The summed E-state index contributed by atoms with van der Waals surface area (Å²) in [6.45, 7) is 3.99. The van der Waals surface area contributed by atoms with Crippen molar-refractivity contribution in [1.82, 2.24) is 29.7 Å². The van der Waals surface area contributed by atoms with E-state index < -0.39 is 6.04 Å². The second-order valence-corrected chi connectivity index (χ2v) is 14.7. The molecule has 1 aliphatic heterocycles. The molecular formula is C37H41BrClN7O2. The maximum atomic E-state index is 14.3. The van der Waals surface area contributed by atoms with Gasteiger partial charge in [0.1, 0.15) is 6.04 Å². The van der Waals surface area contributed by atoms with Gasteiger partial charge in [-0.05, 0) is 101 Å². The van der Waals surface area contributed by atoms with Crippen molar-refractivity contribution >= 4 is 45.2 Å². The third kappa shape index (κ3) is 7.31. The molecule has 7 rings (SSSR count). The lowest BCUT2D eigenvalue weighted by molar-refractivity contribution is -0.122. The van der Waals surface area contributed by atoms with Gasteiger partial charge in [0.15, 0.2) is 0 Å². The molecule has 11 heteroatoms. The van der Waals surface area contributed by atoms with Gasteiger partial charge in [-0.2, -0.15) is 0 Å². The number of halogens is 2. The lowest BCUT2D eigenvalue weighted by atomic mass is 9.94. The molecule has 3 amide bonds. The fraction of sp³-hybridized carbons (Fsp3) is 0.405. The second-order valence-electron chi connectivity index (χ2n) is 13.3. The molecule has 2 atom stereocenters. The molecule has 2 aromatic heterocycles. The minimum atomic E-state index is -0.708. The topological polar surface area (TPSA) is 95.4 Å². The molecule has 48 heavy (non-hydrogen) atoms. The van der Waals surface area contributed by atoms with Gasteiger partial charge in [-0.1, -0.05) is 49.1 Å². The number of aryl methyl sites for hydroxylation is 3. The molecule has 2 fully saturated rings. The summed E-state index contributed by atoms with van der Waals surface area (Å²) in [4.78, 5) is 41.5. The highest BCUT2D eigenvalue weighted by molar-refractivity contribution is 9.10. The van der Waals surface area contributed by atoms with Gasteiger partial charge >= 0.3 is 6.03 Å². The number of carbonyl (C=O) groups excluding carboxylic acids is 2. The summed E-state index contributed by atoms with van der Waals surface area (Å²) < 4.78 is 2.96. The van der Waals surface area contributed by atoms with Crippen molar-refractivity contribution in [2.45, 2.75) is 76.5 Å². The summed E-state index contributed by atoms with van der Waals surface area (Å²) >= 11 is 10.1. The summed E-state index contributed by atoms with van der Waals surface area (Å²) in [6, 6.07) is 15.2. The zero-order chi connectivity index (χ0) is 33.2. The van der Waals surface area contributed by atoms with Gasteiger partial charge in [0, 0.05) is 59.8 Å². The van der Waals surface area contributed by atoms with Crippen molar-refractivity contribution in [1.29, 1.82) is 0 Å². The quantitative estimate of drug-likeness (QED) is 0.225. The first kappa shape index (κ1) is 32.8. The number of pyridine rings is 1. The van der Waals surface area contributed by atoms with E-state index in [9.17, 15) is 9.59 Å². The van der Waals surface area contributed by atoms with Crippen molar-refractivity contribution in [2.24, 2.45) is 0 Å². The number of piperazine rings is 1. The zero-order valence-corrected chi connectivity index (χ0v) is 29.5. The Bertz CT molecular complexity index is 1750. The van der Waals surface area contributed by atoms with E-state index in [1.54, 1.807) is 4.90 Å². The average Bonchev–Trinajstić information content (AvgIpc) is 3.42. The summed E-state index contributed by atoms with van der Waals surface area (Å²) in [5.41, 5.74) is 7.19. The average molecular weight is 731 g/mol. The number of fused-ring (bicyclic) bond motifs is 2. The molecule has 1 saturated carbocycles. The number of carbonyl (C=O) groups is 2. The van der Waals surface area contributed by atoms with Crippen molar-refractivity contribution in [3.63, 3.8) is 0 Å². The number of nitrogens with zero attached hydrogens (tertiary/aromatic N) is 5. The van der Waals surface area contributed by atoms with Crippen LogP contribution in [-0.2, 0) is 24.2 Å². The van der Waals surface area contributed by atoms with E-state index in [0.717, 1.165) is 65.5 Å². The van der Waals surface area contributed by atoms with E-state index in [-0.39, 0.29) is 24.0 Å². The Kier molecular flexibility index (Phi) is 9.84. The summed E-state index contributed by atoms with van der Waals surface area (Å²) in [5.74, 6) is -0.206. The van der Waals surface area contributed by atoms with E-state index in [2.05, 4.69) is 54.6 Å². The predicted octanol–water partition coefficient (Wildman–Crippen LogP) is 6.91. The molecule has 2 unspecified atom stereocenters. The first-order chi connectivity index (χ1) is 23.3. The minimum Gasteiger partial charge on any atom is -0.335 e. The Morgan fingerprint density at radius 1 is 1.00 bits per heavy atom. The Labute approximate surface area is 295 Å². The molecule has 2 N–H and O–H groups in total. The fourth-order valence-electron chi connectivity index (χ4n) is 7.53. The first-order valence-corrected chi connectivity index (χ1v) is 18.1. The monoisotopic (exact) mass is 729 g/mol. The normalized spacial score (nSPS) is 20.0. The molecule has 4 aromatic rings. The Morgan fingerprint density at radius 3 is 2.65 bits per heavy atom. The van der Waals surface area contributed by atoms with Crippen molar-refractivity contribution in [2.75, 3.05) is 25.0 Å². The van der Waals surface area contributed by atoms with Crippen LogP contribution in [0.25, 0.3) is 0 Å². The van der Waals surface area contributed by atoms with Gasteiger partial charge < -0.3 is 20.1 Å². The van der Waals surface area contributed by atoms with Crippen molar-refractivity contribution < 1.29 is 9.59 Å². The van der Waals surface area contributed by atoms with E-state index in [0.29, 0.717) is 36.9 Å². The number of rotatable bonds is 6. The van der Waals surface area contributed by atoms with Gasteiger partial charge in [-0.3, -0.25) is 14.7 Å². The molecule has 3 aliphatic rings. The highest BCUT2D eigenvalue weighted by Crippen LogP contribution is 2.38. The van der Waals surface area contributed by atoms with E-state index >= 15 is 0 Å². The standard InChI is InChI=1S/C37H41BrClN7O2/c1-24-20-44(23-41-24)21-25-6-5-9-31(16-25)42-36(47)33-22-45(14-15-46(33)37(48)43-30-7-3-2-4-8-30)35-32-13-12-29(39)18-26(32)10-11-27-17-28(38)19-40-34(27)35/h5-6,9,12-13,16-20,23,30,33,35H,2-4,7-8,10-11,14-15,21-22H2,1H3,(H,42,47)(H,43,48). The maximum absolute atomic E-state index is 14.3. The van der Waals surface area contributed by atoms with Crippen LogP contribution in [0.4, 0.5) is 10.5 Å². The number of nitrogens with one attached hydrogen (secondary N) is 2. The summed E-state index contributed by atoms with van der Waals surface area (Å²) in [6.07, 6.45) is 12.7. The molecule has 2 aromatic carbocycles. The van der Waals surface area contributed by atoms with E-state index in [4.69, 9.17) is 16.6 Å². The van der Waals surface area contributed by atoms with Crippen LogP contribution in [-0.4, -0.2) is 68.0 Å². The van der Waals surface area contributed by atoms with Gasteiger partial charge in [-0.15, -0.1) is 0 Å². The van der Waals surface area contributed by atoms with Crippen LogP contribution in [0.2, 0.25) is 5.02 Å². The van der Waals surface area contributed by atoms with Crippen LogP contribution < -0.4 is 10.6 Å². The SMILES string of the molecule is Cc1cn(Cc2cccc(NC(=O)C3CN(C4c5ccc(Cl)cc5CCc5cc(Br)cnc54)CCN3C(=O)NC3CCCCC3)c2)cn1. The Balaban J connectivity index is 1.19. The van der Waals surface area contributed by atoms with Crippen LogP contribution in [0, 0.1) is 6.92 Å². The number of hydrogen-bond acceptors (Lipinski definition) is 5. The molecule has 0 radical (unpaired) electrons. The molecule has 1 saturated heterocycles. The van der Waals surface area contributed by atoms with Gasteiger partial charge in [0.05, 0.1) is 23.8 Å². The minimum absolute atomic E-state index is 0.143. The van der Waals surface area contributed by atoms with Crippen LogP contribution in [0.1, 0.15) is 71.8 Å². The smallest absolute Gasteiger partial charge is 0.318 e. The van der Waals surface area contributed by atoms with Crippen LogP contribution in [0.15, 0.2) is 71.7 Å². The molecule has 2 aliphatic carbocycles. The highest BCUT2D eigenvalue weighted by atomic mass is 79.9. The number of hydrogen-bond donors (Lipinski definition) is 2. The van der Waals surface area contributed by atoms with Crippen LogP contribution in [0.5, 0.6) is 0 Å². The number of amides is 3. The third-order valence-electron chi connectivity index (χ3n) is 9.89. The maximum Gasteiger partial charge on any atom is 0.318 e. The third-order valence-corrected chi connectivity index (χ3v) is 10.6.